The zero-order chi connectivity index (χ0) is 47.5. The second kappa shape index (κ2) is 25.7. The molecule has 4 aromatic rings. The summed E-state index contributed by atoms with van der Waals surface area (Å²) in [4.78, 5) is 20.6. The highest BCUT2D eigenvalue weighted by atomic mass is 32.2. The molecule has 6 N–H and O–H groups in total. The Morgan fingerprint density at radius 3 is 1.40 bits per heavy atom. The number of hydrogen-bond donors (Lipinski definition) is 4. The van der Waals surface area contributed by atoms with Crippen molar-refractivity contribution in [2.45, 2.75) is 90.3 Å². The van der Waals surface area contributed by atoms with E-state index in [2.05, 4.69) is 57.4 Å². The van der Waals surface area contributed by atoms with Crippen molar-refractivity contribution in [3.63, 3.8) is 0 Å². The van der Waals surface area contributed by atoms with Gasteiger partial charge < -0.3 is 33.7 Å². The van der Waals surface area contributed by atoms with E-state index in [9.17, 15) is 16.8 Å². The Kier molecular flexibility index (Phi) is 21.9. The maximum atomic E-state index is 13.1. The highest BCUT2D eigenvalue weighted by Gasteiger charge is 2.35. The number of hydrogen-bond acceptors (Lipinski definition) is 17. The van der Waals surface area contributed by atoms with Gasteiger partial charge in [0.2, 0.25) is 16.0 Å². The van der Waals surface area contributed by atoms with Crippen LogP contribution in [-0.4, -0.2) is 99.0 Å². The number of hydrazine groups is 1. The van der Waals surface area contributed by atoms with Gasteiger partial charge in [-0.3, -0.25) is 5.43 Å². The predicted octanol–water partition coefficient (Wildman–Crippen LogP) is 5.28. The summed E-state index contributed by atoms with van der Waals surface area (Å²) in [7, 11) is -1.77. The topological polar surface area (TPSA) is 276 Å². The van der Waals surface area contributed by atoms with E-state index in [-0.39, 0.29) is 24.0 Å². The minimum Gasteiger partial charge on any atom is -0.494 e. The van der Waals surface area contributed by atoms with Crippen molar-refractivity contribution in [1.29, 1.82) is 0 Å². The van der Waals surface area contributed by atoms with Gasteiger partial charge in [0.05, 0.1) is 45.8 Å². The third-order valence-corrected chi connectivity index (χ3v) is 11.4. The Bertz CT molecular complexity index is 2300. The number of sulfonamides is 2. The molecule has 0 aliphatic rings. The average molecular weight is 935 g/mol. The van der Waals surface area contributed by atoms with Crippen LogP contribution in [0.1, 0.15) is 76.5 Å². The van der Waals surface area contributed by atoms with E-state index in [1.807, 2.05) is 33.8 Å². The van der Waals surface area contributed by atoms with Gasteiger partial charge in [-0.2, -0.15) is 4.99 Å². The number of ether oxygens (including phenoxy) is 6. The van der Waals surface area contributed by atoms with Crippen LogP contribution in [0.4, 0.5) is 11.4 Å². The molecule has 0 aliphatic carbocycles. The molecular formula is C40H58N10O10S3. The fourth-order valence-corrected chi connectivity index (χ4v) is 6.79. The number of aliphatic imine (C=N–C) groups is 1. The molecule has 2 aromatic heterocycles. The lowest BCUT2D eigenvalue weighted by atomic mass is 10.2. The van der Waals surface area contributed by atoms with Crippen molar-refractivity contribution >= 4 is 54.8 Å². The molecule has 0 unspecified atom stereocenters. The lowest BCUT2D eigenvalue weighted by Gasteiger charge is -2.24. The first-order valence-electron chi connectivity index (χ1n) is 19.1. The summed E-state index contributed by atoms with van der Waals surface area (Å²) < 4.78 is 85.2. The van der Waals surface area contributed by atoms with Crippen molar-refractivity contribution in [2.24, 2.45) is 20.4 Å². The van der Waals surface area contributed by atoms with Gasteiger partial charge in [-0.05, 0) is 103 Å². The van der Waals surface area contributed by atoms with E-state index in [1.54, 1.807) is 83.2 Å². The second-order valence-corrected chi connectivity index (χ2v) is 18.0. The molecule has 0 aliphatic heterocycles. The molecular weight excluding hydrogens is 877 g/mol. The van der Waals surface area contributed by atoms with Crippen LogP contribution in [0.2, 0.25) is 0 Å². The van der Waals surface area contributed by atoms with Gasteiger partial charge in [0.15, 0.2) is 17.3 Å². The van der Waals surface area contributed by atoms with Crippen LogP contribution in [0.5, 0.6) is 23.0 Å². The number of aryl methyl sites for hydroxylation is 2. The van der Waals surface area contributed by atoms with Crippen LogP contribution in [-0.2, 0) is 29.5 Å². The van der Waals surface area contributed by atoms with Gasteiger partial charge in [-0.1, -0.05) is 12.1 Å². The highest BCUT2D eigenvalue weighted by molar-refractivity contribution is 7.91. The number of isothiocyanates is 1. The number of nitrogens with two attached hydrogens (primary N) is 2. The number of nitrogens with one attached hydrogen (secondary N) is 2. The third kappa shape index (κ3) is 16.7. The highest BCUT2D eigenvalue weighted by Crippen LogP contribution is 2.37. The number of methoxy groups -OCH3 is 4. The number of nitrogens with zero attached hydrogens (tertiary/aromatic N) is 6. The number of rotatable bonds is 17. The molecule has 4 atom stereocenters. The molecule has 23 heteroatoms. The van der Waals surface area contributed by atoms with E-state index < -0.39 is 42.8 Å². The van der Waals surface area contributed by atoms with Gasteiger partial charge in [0.1, 0.15) is 51.4 Å². The molecule has 20 nitrogen and oxygen atoms in total. The Hall–Kier alpha value is -5.39. The Morgan fingerprint density at radius 2 is 1.06 bits per heavy atom. The van der Waals surface area contributed by atoms with Gasteiger partial charge in [-0.15, -0.1) is 4.40 Å². The number of anilines is 1. The minimum atomic E-state index is -4.14. The predicted molar refractivity (Wildman–Crippen MR) is 245 cm³/mol. The monoisotopic (exact) mass is 934 g/mol. The maximum absolute atomic E-state index is 13.1. The van der Waals surface area contributed by atoms with Crippen LogP contribution in [0.25, 0.3) is 0 Å². The minimum absolute atomic E-state index is 0.149. The lowest BCUT2D eigenvalue weighted by Crippen LogP contribution is -2.39. The van der Waals surface area contributed by atoms with Crippen LogP contribution in [0, 0.1) is 13.8 Å². The molecule has 346 valence electrons. The van der Waals surface area contributed by atoms with E-state index >= 15 is 0 Å². The van der Waals surface area contributed by atoms with Gasteiger partial charge in [0, 0.05) is 24.8 Å². The van der Waals surface area contributed by atoms with Gasteiger partial charge >= 0.3 is 0 Å². The van der Waals surface area contributed by atoms with Gasteiger partial charge in [-0.25, -0.2) is 47.8 Å². The van der Waals surface area contributed by atoms with Crippen LogP contribution in [0.15, 0.2) is 70.6 Å². The van der Waals surface area contributed by atoms with Crippen LogP contribution in [0.3, 0.4) is 0 Å². The van der Waals surface area contributed by atoms with Crippen LogP contribution >= 0.6 is 12.2 Å². The molecule has 0 spiro atoms. The number of thiocarbonyl (C=S) groups is 1. The molecule has 0 amide bonds. The molecule has 0 bridgehead atoms. The summed E-state index contributed by atoms with van der Waals surface area (Å²) in [6, 6.07) is 10.5. The lowest BCUT2D eigenvalue weighted by molar-refractivity contribution is 0.00124. The number of benzene rings is 2. The van der Waals surface area contributed by atoms with Crippen molar-refractivity contribution < 1.29 is 45.3 Å². The molecule has 2 aromatic carbocycles. The summed E-state index contributed by atoms with van der Waals surface area (Å²) in [5.74, 6) is 7.96. The Balaban J connectivity index is 0.000000368. The number of guanidine groups is 1. The zero-order valence-corrected chi connectivity index (χ0v) is 39.8. The van der Waals surface area contributed by atoms with Crippen molar-refractivity contribution in [2.75, 3.05) is 33.8 Å². The molecule has 0 radical (unpaired) electrons. The molecule has 0 saturated heterocycles. The first kappa shape index (κ1) is 53.7. The third-order valence-electron chi connectivity index (χ3n) is 8.37. The summed E-state index contributed by atoms with van der Waals surface area (Å²) in [5.41, 5.74) is 4.93. The Labute approximate surface area is 375 Å². The van der Waals surface area contributed by atoms with E-state index in [4.69, 9.17) is 39.4 Å². The van der Waals surface area contributed by atoms with E-state index in [0.29, 0.717) is 40.2 Å². The molecule has 0 fully saturated rings. The molecule has 4 rings (SSSR count). The summed E-state index contributed by atoms with van der Waals surface area (Å²) in [6.45, 7) is 13.9. The first-order valence-corrected chi connectivity index (χ1v) is 22.7. The second-order valence-electron chi connectivity index (χ2n) is 13.9. The van der Waals surface area contributed by atoms with E-state index in [1.165, 1.54) is 28.1 Å². The fraction of sp³-hybridized carbons (Fsp3) is 0.450. The largest absolute Gasteiger partial charge is 0.494 e. The first-order chi connectivity index (χ1) is 29.7. The fourth-order valence-electron chi connectivity index (χ4n) is 5.15. The van der Waals surface area contributed by atoms with Crippen molar-refractivity contribution in [1.82, 2.24) is 25.4 Å². The van der Waals surface area contributed by atoms with Crippen molar-refractivity contribution in [3.05, 3.63) is 84.0 Å². The normalized spacial score (nSPS) is 13.4. The molecule has 63 heavy (non-hydrogen) atoms. The standard InChI is InChI=1S/C20H30N6O5S.C11H19N3O3S.C9H9NO2S/c1-12(2)31-18(19-22-10-13(3)11-23-19)14(4)32(27,28)26-20(25-21)24-17-15(29-5)8-7-9-16(17)30-6;1-7(2)17-10(9(4)18(12,15)16)11-13-5-8(3)6-14-11;1-11-7-4-3-5-8(12-2)9(7)10-6-13/h7-12,14,18H,21H2,1-6H3,(H2,24,25,26);5-7,9-10H,1-4H3,(H2,12,15,16);3-5H,1-2H3/t14-,18+;9-,10+;/m00./s1. The number of primary sulfonamides is 1. The molecule has 0 saturated carbocycles. The summed E-state index contributed by atoms with van der Waals surface area (Å²) >= 11 is 4.52. The van der Waals surface area contributed by atoms with Crippen LogP contribution < -0.4 is 40.7 Å². The summed E-state index contributed by atoms with van der Waals surface area (Å²) in [6.07, 6.45) is 4.32. The number of para-hydroxylation sites is 2. The zero-order valence-electron chi connectivity index (χ0n) is 37.4. The van der Waals surface area contributed by atoms with E-state index in [0.717, 1.165) is 11.1 Å². The quantitative estimate of drug-likeness (QED) is 0.0344. The smallest absolute Gasteiger partial charge is 0.262 e. The molecule has 2 heterocycles. The summed E-state index contributed by atoms with van der Waals surface area (Å²) in [5, 5.41) is 8.25. The Morgan fingerprint density at radius 1 is 0.683 bits per heavy atom. The SMILES string of the molecule is COc1cccc(OC)c1N=C=S.COc1cccc(OC)c1NC(=NS(=O)(=O)[C@@H](C)[C@@H](OC(C)C)c1ncc(C)cn1)NN.Cc1cnc([C@H](OC(C)C)[C@H](C)S(N)(=O)=O)nc1. The maximum Gasteiger partial charge on any atom is 0.262 e. The average Bonchev–Trinajstić information content (AvgIpc) is 3.24. The number of aromatic nitrogens is 4. The van der Waals surface area contributed by atoms with Gasteiger partial charge in [0.25, 0.3) is 10.0 Å². The van der Waals surface area contributed by atoms with Crippen molar-refractivity contribution in [3.8, 4) is 23.0 Å².